The van der Waals surface area contributed by atoms with Crippen LogP contribution >= 0.6 is 12.2 Å². The van der Waals surface area contributed by atoms with Gasteiger partial charge in [0.2, 0.25) is 0 Å². The Morgan fingerprint density at radius 1 is 1.39 bits per heavy atom. The number of rotatable bonds is 3. The molecular weight excluding hydrogens is 242 g/mol. The van der Waals surface area contributed by atoms with E-state index in [2.05, 4.69) is 18.0 Å². The Labute approximate surface area is 113 Å². The molecule has 3 nitrogen and oxygen atoms in total. The van der Waals surface area contributed by atoms with Gasteiger partial charge in [0.25, 0.3) is 0 Å². The Hall–Kier alpha value is -1.16. The highest BCUT2D eigenvalue weighted by molar-refractivity contribution is 7.80. The van der Waals surface area contributed by atoms with E-state index in [0.29, 0.717) is 11.0 Å². The zero-order valence-electron chi connectivity index (χ0n) is 10.8. The second kappa shape index (κ2) is 4.50. The molecule has 2 aliphatic rings. The summed E-state index contributed by atoms with van der Waals surface area (Å²) in [7, 11) is 2.12. The molecule has 2 aliphatic carbocycles. The summed E-state index contributed by atoms with van der Waals surface area (Å²) >= 11 is 5.19. The van der Waals surface area contributed by atoms with E-state index in [0.717, 1.165) is 24.2 Å². The molecule has 0 saturated heterocycles. The van der Waals surface area contributed by atoms with E-state index in [1.807, 2.05) is 0 Å². The summed E-state index contributed by atoms with van der Waals surface area (Å²) in [6, 6.07) is 2.78. The monoisotopic (exact) mass is 261 g/mol. The molecular formula is C14H19N3S. The fourth-order valence-electron chi connectivity index (χ4n) is 2.86. The molecule has 0 radical (unpaired) electrons. The maximum absolute atomic E-state index is 5.87. The number of hydrogen-bond donors (Lipinski definition) is 1. The maximum Gasteiger partial charge on any atom is 0.139 e. The molecule has 2 N–H and O–H groups in total. The number of aromatic nitrogens is 1. The number of nitrogens with two attached hydrogens (primary N) is 1. The lowest BCUT2D eigenvalue weighted by molar-refractivity contribution is 0.399. The van der Waals surface area contributed by atoms with E-state index in [-0.39, 0.29) is 0 Å². The maximum atomic E-state index is 5.87. The van der Waals surface area contributed by atoms with Crippen LogP contribution in [-0.4, -0.2) is 23.1 Å². The number of thiocarbonyl (C=S) groups is 1. The van der Waals surface area contributed by atoms with Gasteiger partial charge in [-0.25, -0.2) is 4.98 Å². The highest BCUT2D eigenvalue weighted by atomic mass is 32.1. The third kappa shape index (κ3) is 1.88. The number of anilines is 1. The fraction of sp³-hybridized carbons (Fsp3) is 0.571. The van der Waals surface area contributed by atoms with Crippen molar-refractivity contribution in [2.45, 2.75) is 44.6 Å². The average molecular weight is 261 g/mol. The zero-order valence-corrected chi connectivity index (χ0v) is 11.6. The summed E-state index contributed by atoms with van der Waals surface area (Å²) in [6.45, 7) is 0. The van der Waals surface area contributed by atoms with Gasteiger partial charge in [0.1, 0.15) is 10.8 Å². The molecule has 1 heterocycles. The second-order valence-corrected chi connectivity index (χ2v) is 5.82. The van der Waals surface area contributed by atoms with Crippen molar-refractivity contribution in [2.24, 2.45) is 5.73 Å². The molecule has 18 heavy (non-hydrogen) atoms. The minimum atomic E-state index is 0.471. The molecule has 1 aromatic heterocycles. The zero-order chi connectivity index (χ0) is 12.7. The van der Waals surface area contributed by atoms with Gasteiger partial charge >= 0.3 is 0 Å². The van der Waals surface area contributed by atoms with Gasteiger partial charge in [-0.3, -0.25) is 0 Å². The van der Waals surface area contributed by atoms with Crippen molar-refractivity contribution in [3.05, 3.63) is 22.9 Å². The highest BCUT2D eigenvalue weighted by Crippen LogP contribution is 2.32. The van der Waals surface area contributed by atoms with Crippen LogP contribution in [0.5, 0.6) is 0 Å². The quantitative estimate of drug-likeness (QED) is 0.847. The predicted molar refractivity (Wildman–Crippen MR) is 78.2 cm³/mol. The molecule has 0 atom stereocenters. The van der Waals surface area contributed by atoms with Crippen molar-refractivity contribution in [1.82, 2.24) is 4.98 Å². The first-order valence-corrected chi connectivity index (χ1v) is 7.13. The summed E-state index contributed by atoms with van der Waals surface area (Å²) in [6.07, 6.45) is 7.25. The third-order valence-corrected chi connectivity index (χ3v) is 4.47. The summed E-state index contributed by atoms with van der Waals surface area (Å²) in [4.78, 5) is 7.58. The minimum absolute atomic E-state index is 0.471. The van der Waals surface area contributed by atoms with E-state index < -0.39 is 0 Å². The van der Waals surface area contributed by atoms with Gasteiger partial charge in [0.05, 0.1) is 5.56 Å². The molecule has 3 rings (SSSR count). The van der Waals surface area contributed by atoms with Gasteiger partial charge in [0, 0.05) is 18.8 Å². The summed E-state index contributed by atoms with van der Waals surface area (Å²) in [5.74, 6) is 0.993. The first-order chi connectivity index (χ1) is 8.66. The van der Waals surface area contributed by atoms with Crippen molar-refractivity contribution in [3.8, 4) is 0 Å². The molecule has 96 valence electrons. The standard InChI is InChI=1S/C14H19N3S/c1-17(10-5-3-6-10)14-11(13(15)18)8-9-4-2-7-12(9)16-14/h8,10H,2-7H2,1H3,(H2,15,18). The van der Waals surface area contributed by atoms with Crippen molar-refractivity contribution < 1.29 is 0 Å². The van der Waals surface area contributed by atoms with E-state index in [4.69, 9.17) is 22.9 Å². The number of hydrogen-bond acceptors (Lipinski definition) is 3. The number of pyridine rings is 1. The lowest BCUT2D eigenvalue weighted by Crippen LogP contribution is -2.39. The van der Waals surface area contributed by atoms with Crippen LogP contribution < -0.4 is 10.6 Å². The number of aryl methyl sites for hydroxylation is 2. The van der Waals surface area contributed by atoms with Crippen LogP contribution in [0.4, 0.5) is 5.82 Å². The molecule has 1 saturated carbocycles. The largest absolute Gasteiger partial charge is 0.389 e. The molecule has 1 aromatic rings. The number of fused-ring (bicyclic) bond motifs is 1. The summed E-state index contributed by atoms with van der Waals surface area (Å²) in [5.41, 5.74) is 9.41. The Bertz CT molecular complexity index is 494. The summed E-state index contributed by atoms with van der Waals surface area (Å²) in [5, 5.41) is 0. The molecule has 0 unspecified atom stereocenters. The molecule has 0 aliphatic heterocycles. The lowest BCUT2D eigenvalue weighted by atomic mass is 9.91. The fourth-order valence-corrected chi connectivity index (χ4v) is 3.01. The van der Waals surface area contributed by atoms with Crippen LogP contribution in [0.3, 0.4) is 0 Å². The Kier molecular flexibility index (Phi) is 2.98. The summed E-state index contributed by atoms with van der Waals surface area (Å²) < 4.78 is 0. The van der Waals surface area contributed by atoms with Crippen LogP contribution in [0.25, 0.3) is 0 Å². The molecule has 0 aromatic carbocycles. The molecule has 1 fully saturated rings. The molecule has 0 amide bonds. The minimum Gasteiger partial charge on any atom is -0.389 e. The highest BCUT2D eigenvalue weighted by Gasteiger charge is 2.27. The van der Waals surface area contributed by atoms with Crippen LogP contribution in [0.1, 0.15) is 42.5 Å². The lowest BCUT2D eigenvalue weighted by Gasteiger charge is -2.36. The van der Waals surface area contributed by atoms with Crippen LogP contribution in [0.2, 0.25) is 0 Å². The van der Waals surface area contributed by atoms with E-state index in [9.17, 15) is 0 Å². The molecule has 0 spiro atoms. The van der Waals surface area contributed by atoms with Crippen LogP contribution in [-0.2, 0) is 12.8 Å². The van der Waals surface area contributed by atoms with E-state index >= 15 is 0 Å². The molecule has 0 bridgehead atoms. The van der Waals surface area contributed by atoms with Crippen molar-refractivity contribution >= 4 is 23.0 Å². The van der Waals surface area contributed by atoms with Crippen molar-refractivity contribution in [2.75, 3.05) is 11.9 Å². The normalized spacial score (nSPS) is 18.3. The topological polar surface area (TPSA) is 42.2 Å². The Morgan fingerprint density at radius 2 is 2.17 bits per heavy atom. The van der Waals surface area contributed by atoms with E-state index in [1.54, 1.807) is 0 Å². The van der Waals surface area contributed by atoms with Crippen molar-refractivity contribution in [1.29, 1.82) is 0 Å². The van der Waals surface area contributed by atoms with Crippen molar-refractivity contribution in [3.63, 3.8) is 0 Å². The van der Waals surface area contributed by atoms with Gasteiger partial charge in [-0.1, -0.05) is 12.2 Å². The average Bonchev–Trinajstić information content (AvgIpc) is 2.71. The van der Waals surface area contributed by atoms with Gasteiger partial charge in [-0.2, -0.15) is 0 Å². The van der Waals surface area contributed by atoms with E-state index in [1.165, 1.54) is 36.9 Å². The first kappa shape index (κ1) is 11.9. The predicted octanol–water partition coefficient (Wildman–Crippen LogP) is 2.19. The SMILES string of the molecule is CN(c1nc2c(cc1C(N)=S)CCC2)C1CCC1. The first-order valence-electron chi connectivity index (χ1n) is 6.72. The Morgan fingerprint density at radius 3 is 2.78 bits per heavy atom. The number of nitrogens with zero attached hydrogens (tertiary/aromatic N) is 2. The Balaban J connectivity index is 2.02. The second-order valence-electron chi connectivity index (χ2n) is 5.38. The van der Waals surface area contributed by atoms with Gasteiger partial charge in [-0.15, -0.1) is 0 Å². The third-order valence-electron chi connectivity index (χ3n) is 4.25. The van der Waals surface area contributed by atoms with Crippen LogP contribution in [0, 0.1) is 0 Å². The van der Waals surface area contributed by atoms with Gasteiger partial charge in [-0.05, 0) is 50.2 Å². The van der Waals surface area contributed by atoms with Gasteiger partial charge in [0.15, 0.2) is 0 Å². The van der Waals surface area contributed by atoms with Crippen LogP contribution in [0.15, 0.2) is 6.07 Å². The molecule has 4 heteroatoms. The van der Waals surface area contributed by atoms with Gasteiger partial charge < -0.3 is 10.6 Å². The smallest absolute Gasteiger partial charge is 0.139 e.